The number of hydrogen-bond donors (Lipinski definition) is 2. The van der Waals surface area contributed by atoms with Gasteiger partial charge in [-0.3, -0.25) is 4.90 Å². The van der Waals surface area contributed by atoms with Crippen molar-refractivity contribution in [3.05, 3.63) is 11.6 Å². The van der Waals surface area contributed by atoms with Gasteiger partial charge in [-0.15, -0.1) is 34.2 Å². The first-order chi connectivity index (χ1) is 11.1. The largest absolute Gasteiger partial charge is 0.357 e. The molecule has 1 saturated heterocycles. The van der Waals surface area contributed by atoms with E-state index in [0.29, 0.717) is 18.6 Å². The smallest absolute Gasteiger partial charge is 0.191 e. The predicted molar refractivity (Wildman–Crippen MR) is 107 cm³/mol. The first-order valence-corrected chi connectivity index (χ1v) is 8.74. The van der Waals surface area contributed by atoms with Crippen LogP contribution in [0, 0.1) is 6.92 Å². The summed E-state index contributed by atoms with van der Waals surface area (Å²) in [4.78, 5) is 7.33. The normalized spacial score (nSPS) is 24.8. The van der Waals surface area contributed by atoms with Crippen LogP contribution in [0.25, 0.3) is 0 Å². The maximum absolute atomic E-state index is 4.68. The first-order valence-electron chi connectivity index (χ1n) is 8.74. The van der Waals surface area contributed by atoms with Gasteiger partial charge < -0.3 is 15.2 Å². The molecule has 24 heavy (non-hydrogen) atoms. The van der Waals surface area contributed by atoms with Gasteiger partial charge in [-0.2, -0.15) is 0 Å². The van der Waals surface area contributed by atoms with Gasteiger partial charge in [-0.25, -0.2) is 4.99 Å². The van der Waals surface area contributed by atoms with Crippen molar-refractivity contribution >= 4 is 29.9 Å². The third-order valence-corrected chi connectivity index (χ3v) is 4.89. The quantitative estimate of drug-likeness (QED) is 0.406. The van der Waals surface area contributed by atoms with E-state index < -0.39 is 0 Å². The van der Waals surface area contributed by atoms with Crippen LogP contribution in [0.5, 0.6) is 0 Å². The standard InChI is InChI=1S/C16H29N7.HI/c1-5-17-16(18-9-15-21-20-12(3)22(15)4)19-13-8-11(2)23(10-13)14-6-7-14;/h11,13-14H,5-10H2,1-4H3,(H2,17,18,19);1H. The van der Waals surface area contributed by atoms with E-state index in [-0.39, 0.29) is 24.0 Å². The second-order valence-electron chi connectivity index (χ2n) is 6.77. The summed E-state index contributed by atoms with van der Waals surface area (Å²) in [6.07, 6.45) is 3.93. The fourth-order valence-corrected chi connectivity index (χ4v) is 3.33. The maximum Gasteiger partial charge on any atom is 0.191 e. The summed E-state index contributed by atoms with van der Waals surface area (Å²) in [6, 6.07) is 1.98. The highest BCUT2D eigenvalue weighted by Crippen LogP contribution is 2.33. The molecule has 2 N–H and O–H groups in total. The lowest BCUT2D eigenvalue weighted by Crippen LogP contribution is -2.44. The van der Waals surface area contributed by atoms with Gasteiger partial charge in [0.25, 0.3) is 0 Å². The van der Waals surface area contributed by atoms with E-state index in [4.69, 9.17) is 0 Å². The molecule has 2 atom stereocenters. The number of rotatable bonds is 5. The lowest BCUT2D eigenvalue weighted by molar-refractivity contribution is 0.256. The Morgan fingerprint density at radius 2 is 2.08 bits per heavy atom. The number of likely N-dealkylation sites (tertiary alicyclic amines) is 1. The van der Waals surface area contributed by atoms with E-state index in [1.165, 1.54) is 19.3 Å². The maximum atomic E-state index is 4.68. The second-order valence-corrected chi connectivity index (χ2v) is 6.77. The third-order valence-electron chi connectivity index (χ3n) is 4.89. The Morgan fingerprint density at radius 3 is 2.67 bits per heavy atom. The van der Waals surface area contributed by atoms with Gasteiger partial charge >= 0.3 is 0 Å². The van der Waals surface area contributed by atoms with E-state index >= 15 is 0 Å². The summed E-state index contributed by atoms with van der Waals surface area (Å²) in [5, 5.41) is 15.2. The van der Waals surface area contributed by atoms with Crippen molar-refractivity contribution < 1.29 is 0 Å². The molecule has 1 aliphatic heterocycles. The zero-order chi connectivity index (χ0) is 16.4. The molecule has 1 aromatic rings. The summed E-state index contributed by atoms with van der Waals surface area (Å²) >= 11 is 0. The van der Waals surface area contributed by atoms with Crippen molar-refractivity contribution in [3.63, 3.8) is 0 Å². The summed E-state index contributed by atoms with van der Waals surface area (Å²) in [5.41, 5.74) is 0. The van der Waals surface area contributed by atoms with E-state index in [9.17, 15) is 0 Å². The van der Waals surface area contributed by atoms with Crippen molar-refractivity contribution in [2.75, 3.05) is 13.1 Å². The first kappa shape index (κ1) is 19.4. The number of hydrogen-bond acceptors (Lipinski definition) is 4. The molecule has 8 heteroatoms. The Kier molecular flexibility index (Phi) is 6.85. The van der Waals surface area contributed by atoms with E-state index in [2.05, 4.69) is 44.6 Å². The van der Waals surface area contributed by atoms with Crippen LogP contribution in [0.1, 0.15) is 44.8 Å². The molecule has 0 radical (unpaired) electrons. The lowest BCUT2D eigenvalue weighted by Gasteiger charge is -2.20. The topological polar surface area (TPSA) is 70.4 Å². The van der Waals surface area contributed by atoms with E-state index in [1.54, 1.807) is 0 Å². The second kappa shape index (κ2) is 8.46. The van der Waals surface area contributed by atoms with Crippen molar-refractivity contribution in [1.29, 1.82) is 0 Å². The molecule has 136 valence electrons. The van der Waals surface area contributed by atoms with E-state index in [1.807, 2.05) is 18.5 Å². The molecule has 1 aliphatic carbocycles. The van der Waals surface area contributed by atoms with Crippen molar-refractivity contribution in [1.82, 2.24) is 30.3 Å². The van der Waals surface area contributed by atoms with Gasteiger partial charge in [-0.1, -0.05) is 0 Å². The van der Waals surface area contributed by atoms with Gasteiger partial charge in [-0.05, 0) is 40.0 Å². The number of guanidine groups is 1. The number of halogens is 1. The molecule has 0 bridgehead atoms. The number of aromatic nitrogens is 3. The molecular weight excluding hydrogens is 417 g/mol. The average Bonchev–Trinajstić information content (AvgIpc) is 3.23. The molecule has 7 nitrogen and oxygen atoms in total. The van der Waals surface area contributed by atoms with Gasteiger partial charge in [0, 0.05) is 38.3 Å². The van der Waals surface area contributed by atoms with Crippen molar-refractivity contribution in [2.24, 2.45) is 12.0 Å². The van der Waals surface area contributed by atoms with Gasteiger partial charge in [0.05, 0.1) is 0 Å². The Balaban J connectivity index is 0.00000208. The van der Waals surface area contributed by atoms with Crippen LogP contribution in [0.3, 0.4) is 0 Å². The number of aryl methyl sites for hydroxylation is 1. The van der Waals surface area contributed by atoms with Gasteiger partial charge in [0.1, 0.15) is 12.4 Å². The molecular formula is C16H30IN7. The van der Waals surface area contributed by atoms with Crippen LogP contribution < -0.4 is 10.6 Å². The molecule has 2 heterocycles. The Hall–Kier alpha value is -0.900. The number of nitrogens with zero attached hydrogens (tertiary/aromatic N) is 5. The molecule has 1 aromatic heterocycles. The zero-order valence-corrected chi connectivity index (χ0v) is 17.4. The highest BCUT2D eigenvalue weighted by Gasteiger charge is 2.38. The Labute approximate surface area is 161 Å². The summed E-state index contributed by atoms with van der Waals surface area (Å²) in [6.45, 7) is 8.92. The predicted octanol–water partition coefficient (Wildman–Crippen LogP) is 1.42. The van der Waals surface area contributed by atoms with Crippen LogP contribution in [0.4, 0.5) is 0 Å². The molecule has 0 spiro atoms. The average molecular weight is 447 g/mol. The molecule has 2 fully saturated rings. The van der Waals surface area contributed by atoms with Crippen LogP contribution in [0.2, 0.25) is 0 Å². The summed E-state index contributed by atoms with van der Waals surface area (Å²) in [5.74, 6) is 2.68. The van der Waals surface area contributed by atoms with Crippen LogP contribution in [-0.2, 0) is 13.6 Å². The minimum Gasteiger partial charge on any atom is -0.357 e. The van der Waals surface area contributed by atoms with E-state index in [0.717, 1.165) is 36.7 Å². The SMILES string of the molecule is CCNC(=NCc1nnc(C)n1C)NC1CC(C)N(C2CC2)C1.I. The van der Waals surface area contributed by atoms with Crippen LogP contribution >= 0.6 is 24.0 Å². The third kappa shape index (κ3) is 4.59. The highest BCUT2D eigenvalue weighted by atomic mass is 127. The molecule has 3 rings (SSSR count). The Morgan fingerprint density at radius 1 is 1.33 bits per heavy atom. The van der Waals surface area contributed by atoms with Crippen LogP contribution in [-0.4, -0.2) is 56.8 Å². The fourth-order valence-electron chi connectivity index (χ4n) is 3.33. The summed E-state index contributed by atoms with van der Waals surface area (Å²) in [7, 11) is 1.98. The van der Waals surface area contributed by atoms with Crippen molar-refractivity contribution in [3.8, 4) is 0 Å². The lowest BCUT2D eigenvalue weighted by atomic mass is 10.2. The highest BCUT2D eigenvalue weighted by molar-refractivity contribution is 14.0. The minimum absolute atomic E-state index is 0. The van der Waals surface area contributed by atoms with Crippen LogP contribution in [0.15, 0.2) is 4.99 Å². The Bertz CT molecular complexity index is 567. The monoisotopic (exact) mass is 447 g/mol. The number of nitrogens with one attached hydrogen (secondary N) is 2. The van der Waals surface area contributed by atoms with Gasteiger partial charge in [0.2, 0.25) is 0 Å². The minimum atomic E-state index is 0. The molecule has 0 amide bonds. The molecule has 2 aliphatic rings. The molecule has 0 aromatic carbocycles. The fraction of sp³-hybridized carbons (Fsp3) is 0.812. The molecule has 1 saturated carbocycles. The summed E-state index contributed by atoms with van der Waals surface area (Å²) < 4.78 is 1.99. The van der Waals surface area contributed by atoms with Crippen molar-refractivity contribution in [2.45, 2.75) is 64.7 Å². The number of aliphatic imine (C=N–C) groups is 1. The van der Waals surface area contributed by atoms with Gasteiger partial charge in [0.15, 0.2) is 11.8 Å². The zero-order valence-electron chi connectivity index (χ0n) is 15.1. The molecule has 2 unspecified atom stereocenters.